The predicted molar refractivity (Wildman–Crippen MR) is 254 cm³/mol. The number of carbonyl (C=O) groups excluding carboxylic acids is 4. The van der Waals surface area contributed by atoms with Crippen molar-refractivity contribution in [1.82, 2.24) is 9.80 Å². The molecule has 0 spiro atoms. The Morgan fingerprint density at radius 1 is 0.516 bits per heavy atom. The van der Waals surface area contributed by atoms with Crippen molar-refractivity contribution in [3.8, 4) is 0 Å². The number of ether oxygens (including phenoxy) is 4. The van der Waals surface area contributed by atoms with E-state index in [1.807, 2.05) is 19.0 Å². The van der Waals surface area contributed by atoms with Gasteiger partial charge in [-0.1, -0.05) is 162 Å². The molecule has 0 bridgehead atoms. The number of likely N-dealkylation sites (tertiary alicyclic amines) is 1. The normalized spacial score (nSPS) is 15.4. The van der Waals surface area contributed by atoms with Gasteiger partial charge in [0.1, 0.15) is 18.2 Å². The molecule has 2 atom stereocenters. The van der Waals surface area contributed by atoms with Crippen LogP contribution in [0.2, 0.25) is 0 Å². The lowest BCUT2D eigenvalue weighted by Gasteiger charge is -2.22. The third-order valence-electron chi connectivity index (χ3n) is 12.4. The molecular formula is C52H98N2O8. The molecule has 10 heteroatoms. The molecule has 0 aromatic heterocycles. The Morgan fingerprint density at radius 2 is 0.968 bits per heavy atom. The fourth-order valence-corrected chi connectivity index (χ4v) is 8.41. The monoisotopic (exact) mass is 879 g/mol. The maximum absolute atomic E-state index is 13.3. The van der Waals surface area contributed by atoms with Crippen LogP contribution < -0.4 is 0 Å². The van der Waals surface area contributed by atoms with Crippen LogP contribution in [0.3, 0.4) is 0 Å². The second kappa shape index (κ2) is 41.5. The van der Waals surface area contributed by atoms with Gasteiger partial charge in [-0.05, 0) is 78.4 Å². The highest BCUT2D eigenvalue weighted by molar-refractivity contribution is 5.76. The molecule has 1 rings (SSSR count). The van der Waals surface area contributed by atoms with E-state index in [-0.39, 0.29) is 36.1 Å². The molecule has 1 saturated heterocycles. The Labute approximate surface area is 381 Å². The summed E-state index contributed by atoms with van der Waals surface area (Å²) in [6.07, 6.45) is 36.4. The van der Waals surface area contributed by atoms with Crippen molar-refractivity contribution in [3.05, 3.63) is 0 Å². The van der Waals surface area contributed by atoms with E-state index in [4.69, 9.17) is 18.9 Å². The van der Waals surface area contributed by atoms with Crippen LogP contribution >= 0.6 is 0 Å². The van der Waals surface area contributed by atoms with Crippen molar-refractivity contribution >= 4 is 23.9 Å². The highest BCUT2D eigenvalue weighted by Gasteiger charge is 2.39. The third kappa shape index (κ3) is 34.2. The van der Waals surface area contributed by atoms with Gasteiger partial charge in [-0.25, -0.2) is 0 Å². The first-order valence-corrected chi connectivity index (χ1v) is 26.3. The predicted octanol–water partition coefficient (Wildman–Crippen LogP) is 12.9. The Hall–Kier alpha value is -2.20. The second-order valence-corrected chi connectivity index (χ2v) is 18.7. The maximum atomic E-state index is 13.3. The minimum Gasteiger partial charge on any atom is -0.466 e. The summed E-state index contributed by atoms with van der Waals surface area (Å²) in [5.41, 5.74) is 0. The number of hydrogen-bond acceptors (Lipinski definition) is 10. The van der Waals surface area contributed by atoms with Gasteiger partial charge in [0.2, 0.25) is 0 Å². The molecule has 1 aliphatic heterocycles. The van der Waals surface area contributed by atoms with Crippen LogP contribution in [0.4, 0.5) is 0 Å². The maximum Gasteiger partial charge on any atom is 0.323 e. The van der Waals surface area contributed by atoms with E-state index in [2.05, 4.69) is 25.7 Å². The summed E-state index contributed by atoms with van der Waals surface area (Å²) in [6.45, 7) is 9.41. The minimum atomic E-state index is -0.445. The van der Waals surface area contributed by atoms with Gasteiger partial charge >= 0.3 is 23.9 Å². The van der Waals surface area contributed by atoms with Crippen LogP contribution in [0.15, 0.2) is 0 Å². The fraction of sp³-hybridized carbons (Fsp3) is 0.923. The SMILES string of the molecule is CCCCCCCCCCCOC(=O)CCCCCN1C[C@@H](OC(=O)CCN(C)C)C[C@H]1C(=O)OCCCCCCCC(=O)OC(CCCCCCCC)CCCCCCCC. The van der Waals surface area contributed by atoms with Gasteiger partial charge in [-0.2, -0.15) is 0 Å². The van der Waals surface area contributed by atoms with Crippen LogP contribution in [0.25, 0.3) is 0 Å². The van der Waals surface area contributed by atoms with Crippen LogP contribution in [0.5, 0.6) is 0 Å². The van der Waals surface area contributed by atoms with E-state index in [0.717, 1.165) is 89.9 Å². The Kier molecular flexibility index (Phi) is 38.7. The zero-order valence-corrected chi connectivity index (χ0v) is 41.2. The fourth-order valence-electron chi connectivity index (χ4n) is 8.41. The van der Waals surface area contributed by atoms with E-state index in [1.54, 1.807) is 0 Å². The highest BCUT2D eigenvalue weighted by atomic mass is 16.6. The quantitative estimate of drug-likeness (QED) is 0.0333. The lowest BCUT2D eigenvalue weighted by atomic mass is 10.0. The summed E-state index contributed by atoms with van der Waals surface area (Å²) >= 11 is 0. The lowest BCUT2D eigenvalue weighted by molar-refractivity contribution is -0.151. The Morgan fingerprint density at radius 3 is 1.50 bits per heavy atom. The van der Waals surface area contributed by atoms with Crippen molar-refractivity contribution in [2.45, 2.75) is 264 Å². The molecule has 0 N–H and O–H groups in total. The summed E-state index contributed by atoms with van der Waals surface area (Å²) in [4.78, 5) is 55.0. The summed E-state index contributed by atoms with van der Waals surface area (Å²) in [5, 5.41) is 0. The molecule has 0 radical (unpaired) electrons. The zero-order chi connectivity index (χ0) is 45.3. The number of unbranched alkanes of at least 4 members (excludes halogenated alkanes) is 24. The van der Waals surface area contributed by atoms with Crippen molar-refractivity contribution in [3.63, 3.8) is 0 Å². The van der Waals surface area contributed by atoms with E-state index in [0.29, 0.717) is 58.5 Å². The lowest BCUT2D eigenvalue weighted by Crippen LogP contribution is -2.38. The van der Waals surface area contributed by atoms with Crippen LogP contribution in [-0.2, 0) is 38.1 Å². The second-order valence-electron chi connectivity index (χ2n) is 18.7. The number of esters is 4. The number of hydrogen-bond donors (Lipinski definition) is 0. The van der Waals surface area contributed by atoms with E-state index in [1.165, 1.54) is 109 Å². The molecule has 364 valence electrons. The first kappa shape index (κ1) is 57.8. The number of rotatable bonds is 44. The molecule has 0 aromatic carbocycles. The van der Waals surface area contributed by atoms with Gasteiger partial charge in [0, 0.05) is 32.4 Å². The average molecular weight is 879 g/mol. The van der Waals surface area contributed by atoms with Gasteiger partial charge < -0.3 is 23.8 Å². The molecule has 0 aromatic rings. The summed E-state index contributed by atoms with van der Waals surface area (Å²) in [6, 6.07) is -0.445. The average Bonchev–Trinajstić information content (AvgIpc) is 3.65. The van der Waals surface area contributed by atoms with Crippen LogP contribution in [0.1, 0.15) is 245 Å². The van der Waals surface area contributed by atoms with E-state index in [9.17, 15) is 19.2 Å². The Balaban J connectivity index is 2.38. The number of nitrogens with zero attached hydrogens (tertiary/aromatic N) is 2. The topological polar surface area (TPSA) is 112 Å². The van der Waals surface area contributed by atoms with Crippen molar-refractivity contribution < 1.29 is 38.1 Å². The van der Waals surface area contributed by atoms with Crippen molar-refractivity contribution in [2.75, 3.05) is 46.9 Å². The minimum absolute atomic E-state index is 0.0502. The molecule has 0 saturated carbocycles. The van der Waals surface area contributed by atoms with E-state index < -0.39 is 6.04 Å². The molecule has 1 fully saturated rings. The molecule has 0 unspecified atom stereocenters. The largest absolute Gasteiger partial charge is 0.466 e. The summed E-state index contributed by atoms with van der Waals surface area (Å²) in [7, 11) is 3.85. The van der Waals surface area contributed by atoms with Crippen LogP contribution in [0, 0.1) is 0 Å². The van der Waals surface area contributed by atoms with Crippen LogP contribution in [-0.4, -0.2) is 98.9 Å². The van der Waals surface area contributed by atoms with Gasteiger partial charge in [-0.3, -0.25) is 24.1 Å². The molecule has 1 aliphatic rings. The standard InChI is InChI=1S/C52H98N2O8/c1-6-9-12-15-18-19-20-25-33-42-59-49(55)37-31-27-32-40-54-45-47(62-51(57)39-41-53(4)5)44-48(54)52(58)60-43-34-26-21-24-30-38-50(56)61-46(35-28-22-16-13-10-7-2)36-29-23-17-14-11-8-3/h46-48H,6-45H2,1-5H3/t47-,48-/m0/s1. The highest BCUT2D eigenvalue weighted by Crippen LogP contribution is 2.24. The Bertz CT molecular complexity index is 1070. The van der Waals surface area contributed by atoms with E-state index >= 15 is 0 Å². The summed E-state index contributed by atoms with van der Waals surface area (Å²) in [5.74, 6) is -0.671. The van der Waals surface area contributed by atoms with Gasteiger partial charge in [0.15, 0.2) is 0 Å². The molecule has 62 heavy (non-hydrogen) atoms. The van der Waals surface area contributed by atoms with Gasteiger partial charge in [0.25, 0.3) is 0 Å². The first-order valence-electron chi connectivity index (χ1n) is 26.3. The van der Waals surface area contributed by atoms with Gasteiger partial charge in [-0.15, -0.1) is 0 Å². The molecule has 0 aliphatic carbocycles. The molecular weight excluding hydrogens is 781 g/mol. The molecule has 1 heterocycles. The summed E-state index contributed by atoms with van der Waals surface area (Å²) < 4.78 is 23.1. The molecule has 0 amide bonds. The zero-order valence-electron chi connectivity index (χ0n) is 41.2. The smallest absolute Gasteiger partial charge is 0.323 e. The molecule has 10 nitrogen and oxygen atoms in total. The van der Waals surface area contributed by atoms with Gasteiger partial charge in [0.05, 0.1) is 19.6 Å². The first-order chi connectivity index (χ1) is 30.2. The third-order valence-corrected chi connectivity index (χ3v) is 12.4. The van der Waals surface area contributed by atoms with Crippen molar-refractivity contribution in [1.29, 1.82) is 0 Å². The van der Waals surface area contributed by atoms with Crippen molar-refractivity contribution in [2.24, 2.45) is 0 Å². The number of carbonyl (C=O) groups is 4.